The van der Waals surface area contributed by atoms with Crippen LogP contribution in [0.25, 0.3) is 10.2 Å². The summed E-state index contributed by atoms with van der Waals surface area (Å²) in [5.41, 5.74) is 2.36. The van der Waals surface area contributed by atoms with Crippen LogP contribution >= 0.6 is 11.3 Å². The summed E-state index contributed by atoms with van der Waals surface area (Å²) in [6, 6.07) is 11.2. The van der Waals surface area contributed by atoms with Crippen molar-refractivity contribution in [3.63, 3.8) is 0 Å². The molecule has 172 valence electrons. The van der Waals surface area contributed by atoms with E-state index in [9.17, 15) is 4.79 Å². The van der Waals surface area contributed by atoms with Crippen molar-refractivity contribution in [3.8, 4) is 0 Å². The fraction of sp³-hybridized carbons (Fsp3) is 0.500. The monoisotopic (exact) mass is 462 g/mol. The van der Waals surface area contributed by atoms with Crippen LogP contribution in [0.4, 0.5) is 5.82 Å². The number of fused-ring (bicyclic) bond motifs is 3. The van der Waals surface area contributed by atoms with Gasteiger partial charge in [-0.25, -0.2) is 9.97 Å². The average Bonchev–Trinajstić information content (AvgIpc) is 3.59. The molecular formula is C26H30N4O2S. The van der Waals surface area contributed by atoms with Crippen molar-refractivity contribution in [1.82, 2.24) is 14.9 Å². The van der Waals surface area contributed by atoms with Crippen LogP contribution < -0.4 is 5.32 Å². The molecule has 4 heterocycles. The predicted octanol–water partition coefficient (Wildman–Crippen LogP) is 4.78. The van der Waals surface area contributed by atoms with Crippen molar-refractivity contribution < 1.29 is 9.53 Å². The lowest BCUT2D eigenvalue weighted by Crippen LogP contribution is -2.40. The van der Waals surface area contributed by atoms with E-state index in [-0.39, 0.29) is 11.3 Å². The molecule has 2 bridgehead atoms. The maximum absolute atomic E-state index is 13.4. The first-order valence-electron chi connectivity index (χ1n) is 12.1. The first-order chi connectivity index (χ1) is 16.1. The molecule has 1 aliphatic carbocycles. The highest BCUT2D eigenvalue weighted by Crippen LogP contribution is 2.41. The minimum absolute atomic E-state index is 0.00808. The highest BCUT2D eigenvalue weighted by Gasteiger charge is 2.41. The van der Waals surface area contributed by atoms with Crippen LogP contribution in [0.1, 0.15) is 52.9 Å². The van der Waals surface area contributed by atoms with Crippen LogP contribution in [0.5, 0.6) is 0 Å². The van der Waals surface area contributed by atoms with Crippen molar-refractivity contribution in [2.24, 2.45) is 5.92 Å². The minimum Gasteiger partial charge on any atom is -0.381 e. The van der Waals surface area contributed by atoms with Crippen LogP contribution in [-0.4, -0.2) is 53.1 Å². The number of nitrogens with zero attached hydrogens (tertiary/aromatic N) is 3. The number of aryl methyl sites for hydroxylation is 1. The highest BCUT2D eigenvalue weighted by molar-refractivity contribution is 7.20. The van der Waals surface area contributed by atoms with Gasteiger partial charge in [0.1, 0.15) is 17.0 Å². The number of amides is 1. The Labute approximate surface area is 198 Å². The number of thiophene rings is 1. The van der Waals surface area contributed by atoms with Gasteiger partial charge in [-0.1, -0.05) is 30.3 Å². The Morgan fingerprint density at radius 2 is 2.03 bits per heavy atom. The van der Waals surface area contributed by atoms with E-state index >= 15 is 0 Å². The van der Waals surface area contributed by atoms with E-state index in [2.05, 4.69) is 57.4 Å². The summed E-state index contributed by atoms with van der Waals surface area (Å²) in [6.07, 6.45) is 7.16. The second-order valence-electron chi connectivity index (χ2n) is 9.86. The van der Waals surface area contributed by atoms with E-state index < -0.39 is 0 Å². The molecule has 2 aliphatic heterocycles. The maximum Gasteiger partial charge on any atom is 0.264 e. The number of aromatic nitrogens is 2. The van der Waals surface area contributed by atoms with E-state index in [1.807, 2.05) is 0 Å². The van der Waals surface area contributed by atoms with Crippen molar-refractivity contribution in [3.05, 3.63) is 52.7 Å². The number of carbonyl (C=O) groups excluding carboxylic acids is 1. The van der Waals surface area contributed by atoms with Crippen LogP contribution in [0, 0.1) is 12.8 Å². The van der Waals surface area contributed by atoms with Gasteiger partial charge in [-0.05, 0) is 56.1 Å². The Morgan fingerprint density at radius 1 is 1.21 bits per heavy atom. The van der Waals surface area contributed by atoms with Gasteiger partial charge in [0, 0.05) is 37.8 Å². The summed E-state index contributed by atoms with van der Waals surface area (Å²) in [5.74, 6) is 1.70. The molecule has 0 spiro atoms. The van der Waals surface area contributed by atoms with Crippen molar-refractivity contribution in [2.45, 2.75) is 50.5 Å². The summed E-state index contributed by atoms with van der Waals surface area (Å²) < 4.78 is 5.69. The number of ether oxygens (including phenoxy) is 1. The molecule has 3 aliphatic rings. The number of anilines is 1. The second-order valence-corrected chi connectivity index (χ2v) is 10.9. The number of rotatable bonds is 5. The van der Waals surface area contributed by atoms with E-state index in [0.29, 0.717) is 12.0 Å². The third kappa shape index (κ3) is 3.62. The average molecular weight is 463 g/mol. The van der Waals surface area contributed by atoms with E-state index in [4.69, 9.17) is 4.74 Å². The van der Waals surface area contributed by atoms with Crippen molar-refractivity contribution >= 4 is 33.3 Å². The highest BCUT2D eigenvalue weighted by atomic mass is 32.1. The minimum atomic E-state index is 0.00808. The molecule has 6 rings (SSSR count). The lowest BCUT2D eigenvalue weighted by Gasteiger charge is -2.38. The Hall–Kier alpha value is -2.51. The number of nitrogens with one attached hydrogen (secondary N) is 1. The molecule has 2 saturated heterocycles. The molecule has 7 heteroatoms. The predicted molar refractivity (Wildman–Crippen MR) is 131 cm³/mol. The second kappa shape index (κ2) is 8.37. The number of likely N-dealkylation sites (tertiary alicyclic amines) is 1. The molecule has 1 N–H and O–H groups in total. The normalized spacial score (nSPS) is 23.8. The molecule has 33 heavy (non-hydrogen) atoms. The summed E-state index contributed by atoms with van der Waals surface area (Å²) in [4.78, 5) is 26.4. The van der Waals surface area contributed by atoms with Crippen LogP contribution in [0.15, 0.2) is 36.7 Å². The molecule has 1 saturated carbocycles. The summed E-state index contributed by atoms with van der Waals surface area (Å²) >= 11 is 1.51. The van der Waals surface area contributed by atoms with Crippen molar-refractivity contribution in [1.29, 1.82) is 0 Å². The topological polar surface area (TPSA) is 67.4 Å². The summed E-state index contributed by atoms with van der Waals surface area (Å²) in [5, 5.41) is 4.65. The van der Waals surface area contributed by atoms with Gasteiger partial charge in [-0.2, -0.15) is 0 Å². The Balaban J connectivity index is 1.30. The lowest BCUT2D eigenvalue weighted by atomic mass is 9.74. The fourth-order valence-electron chi connectivity index (χ4n) is 6.09. The number of carbonyl (C=O) groups is 1. The first-order valence-corrected chi connectivity index (χ1v) is 12.9. The molecule has 6 nitrogen and oxygen atoms in total. The first kappa shape index (κ1) is 21.1. The van der Waals surface area contributed by atoms with Crippen molar-refractivity contribution in [2.75, 3.05) is 31.6 Å². The fourth-order valence-corrected chi connectivity index (χ4v) is 7.19. The zero-order chi connectivity index (χ0) is 22.4. The molecule has 0 radical (unpaired) electrons. The number of benzene rings is 1. The number of piperidine rings is 1. The van der Waals surface area contributed by atoms with Gasteiger partial charge in [0.25, 0.3) is 5.91 Å². The zero-order valence-corrected chi connectivity index (χ0v) is 19.9. The zero-order valence-electron chi connectivity index (χ0n) is 19.0. The quantitative estimate of drug-likeness (QED) is 0.591. The molecule has 2 atom stereocenters. The van der Waals surface area contributed by atoms with Gasteiger partial charge < -0.3 is 15.0 Å². The molecule has 3 fully saturated rings. The van der Waals surface area contributed by atoms with Crippen LogP contribution in [0.3, 0.4) is 0 Å². The van der Waals surface area contributed by atoms with Gasteiger partial charge in [0.2, 0.25) is 0 Å². The summed E-state index contributed by atoms with van der Waals surface area (Å²) in [6.45, 7) is 5.28. The number of hydrogen-bond donors (Lipinski definition) is 1. The van der Waals surface area contributed by atoms with E-state index in [0.717, 1.165) is 72.0 Å². The van der Waals surface area contributed by atoms with Gasteiger partial charge in [0.15, 0.2) is 0 Å². The summed E-state index contributed by atoms with van der Waals surface area (Å²) in [7, 11) is 0. The Morgan fingerprint density at radius 3 is 2.76 bits per heavy atom. The van der Waals surface area contributed by atoms with Gasteiger partial charge >= 0.3 is 0 Å². The Kier molecular flexibility index (Phi) is 5.34. The molecule has 1 aromatic carbocycles. The van der Waals surface area contributed by atoms with Gasteiger partial charge in [-0.3, -0.25) is 4.79 Å². The molecule has 3 aromatic rings. The molecule has 1 amide bonds. The maximum atomic E-state index is 13.4. The third-order valence-corrected chi connectivity index (χ3v) is 9.21. The molecule has 2 aromatic heterocycles. The standard InChI is InChI=1S/C26H30N4O2S/c1-17-21-23(27-15-26(9-11-32-12-10-26)19-5-3-2-4-6-19)28-16-29-24(21)33-22(17)25(31)30-14-18-7-8-20(30)13-18/h2-6,16,18,20H,7-15H2,1H3,(H,27,28,29)/t18-,20-/m0/s1. The lowest BCUT2D eigenvalue weighted by molar-refractivity contribution is 0.0543. The largest absolute Gasteiger partial charge is 0.381 e. The van der Waals surface area contributed by atoms with Crippen LogP contribution in [0.2, 0.25) is 0 Å². The van der Waals surface area contributed by atoms with Crippen LogP contribution in [-0.2, 0) is 10.2 Å². The van der Waals surface area contributed by atoms with Gasteiger partial charge in [0.05, 0.1) is 10.3 Å². The third-order valence-electron chi connectivity index (χ3n) is 8.02. The smallest absolute Gasteiger partial charge is 0.264 e. The molecule has 0 unspecified atom stereocenters. The number of hydrogen-bond acceptors (Lipinski definition) is 6. The van der Waals surface area contributed by atoms with Gasteiger partial charge in [-0.15, -0.1) is 11.3 Å². The molecular weight excluding hydrogens is 432 g/mol. The SMILES string of the molecule is Cc1c(C(=O)N2C[C@H]3CC[C@H]2C3)sc2ncnc(NCC3(c4ccccc4)CCOCC3)c12. The Bertz CT molecular complexity index is 1170. The van der Waals surface area contributed by atoms with E-state index in [1.165, 1.54) is 29.7 Å². The van der Waals surface area contributed by atoms with E-state index in [1.54, 1.807) is 6.33 Å².